The van der Waals surface area contributed by atoms with Crippen LogP contribution in [0.2, 0.25) is 0 Å². The maximum Gasteiger partial charge on any atom is 0.240 e. The Labute approximate surface area is 115 Å². The summed E-state index contributed by atoms with van der Waals surface area (Å²) in [5, 5.41) is 3.14. The Balaban J connectivity index is 2.67. The predicted molar refractivity (Wildman–Crippen MR) is 77.2 cm³/mol. The van der Waals surface area contributed by atoms with Crippen LogP contribution in [0.3, 0.4) is 0 Å². The molecule has 0 aromatic heterocycles. The summed E-state index contributed by atoms with van der Waals surface area (Å²) in [6, 6.07) is 7.88. The SMILES string of the molecule is CCCNC(C)(COc1cccc(CC)c1)C(N)=O. The first-order valence-corrected chi connectivity index (χ1v) is 6.78. The van der Waals surface area contributed by atoms with Gasteiger partial charge < -0.3 is 15.8 Å². The summed E-state index contributed by atoms with van der Waals surface area (Å²) in [4.78, 5) is 11.6. The highest BCUT2D eigenvalue weighted by Crippen LogP contribution is 2.15. The van der Waals surface area contributed by atoms with Crippen molar-refractivity contribution in [1.82, 2.24) is 5.32 Å². The second-order valence-corrected chi connectivity index (χ2v) is 4.91. The number of benzene rings is 1. The lowest BCUT2D eigenvalue weighted by atomic mass is 10.0. The molecule has 1 atom stereocenters. The summed E-state index contributed by atoms with van der Waals surface area (Å²) in [6.45, 7) is 6.87. The van der Waals surface area contributed by atoms with Crippen LogP contribution in [0.1, 0.15) is 32.8 Å². The normalized spacial score (nSPS) is 13.8. The Morgan fingerprint density at radius 3 is 2.74 bits per heavy atom. The number of amides is 1. The van der Waals surface area contributed by atoms with Crippen LogP contribution in [0.4, 0.5) is 0 Å². The number of carbonyl (C=O) groups excluding carboxylic acids is 1. The Hall–Kier alpha value is -1.55. The topological polar surface area (TPSA) is 64.3 Å². The first-order chi connectivity index (χ1) is 9.01. The third kappa shape index (κ3) is 4.56. The Morgan fingerprint density at radius 2 is 2.16 bits per heavy atom. The van der Waals surface area contributed by atoms with Gasteiger partial charge in [0.15, 0.2) is 0 Å². The van der Waals surface area contributed by atoms with Crippen LogP contribution in [-0.2, 0) is 11.2 Å². The largest absolute Gasteiger partial charge is 0.491 e. The predicted octanol–water partition coefficient (Wildman–Crippen LogP) is 1.87. The van der Waals surface area contributed by atoms with Crippen molar-refractivity contribution in [2.75, 3.05) is 13.2 Å². The van der Waals surface area contributed by atoms with Crippen LogP contribution in [0, 0.1) is 0 Å². The van der Waals surface area contributed by atoms with Crippen LogP contribution < -0.4 is 15.8 Å². The second kappa shape index (κ2) is 7.14. The van der Waals surface area contributed by atoms with E-state index in [9.17, 15) is 4.79 Å². The molecule has 106 valence electrons. The van der Waals surface area contributed by atoms with Crippen molar-refractivity contribution in [2.45, 2.75) is 39.2 Å². The summed E-state index contributed by atoms with van der Waals surface area (Å²) in [5.41, 5.74) is 5.82. The minimum Gasteiger partial charge on any atom is -0.491 e. The van der Waals surface area contributed by atoms with Crippen LogP contribution in [0.15, 0.2) is 24.3 Å². The van der Waals surface area contributed by atoms with Gasteiger partial charge in [-0.25, -0.2) is 0 Å². The smallest absolute Gasteiger partial charge is 0.240 e. The zero-order valence-electron chi connectivity index (χ0n) is 12.0. The van der Waals surface area contributed by atoms with Gasteiger partial charge in [-0.3, -0.25) is 4.79 Å². The van der Waals surface area contributed by atoms with Gasteiger partial charge in [-0.05, 0) is 44.0 Å². The number of ether oxygens (including phenoxy) is 1. The molecule has 1 amide bonds. The van der Waals surface area contributed by atoms with Crippen LogP contribution in [-0.4, -0.2) is 24.6 Å². The monoisotopic (exact) mass is 264 g/mol. The number of nitrogens with one attached hydrogen (secondary N) is 1. The molecule has 0 bridgehead atoms. The minimum atomic E-state index is -0.835. The third-order valence-corrected chi connectivity index (χ3v) is 3.14. The van der Waals surface area contributed by atoms with Gasteiger partial charge in [0.25, 0.3) is 0 Å². The first kappa shape index (κ1) is 15.5. The van der Waals surface area contributed by atoms with E-state index < -0.39 is 11.4 Å². The first-order valence-electron chi connectivity index (χ1n) is 6.78. The van der Waals surface area contributed by atoms with E-state index in [1.54, 1.807) is 6.92 Å². The fourth-order valence-corrected chi connectivity index (χ4v) is 1.69. The number of aryl methyl sites for hydroxylation is 1. The van der Waals surface area contributed by atoms with E-state index in [0.29, 0.717) is 0 Å². The summed E-state index contributed by atoms with van der Waals surface area (Å²) in [6.07, 6.45) is 1.90. The maximum atomic E-state index is 11.6. The lowest BCUT2D eigenvalue weighted by Gasteiger charge is -2.27. The number of hydrogen-bond donors (Lipinski definition) is 2. The average molecular weight is 264 g/mol. The third-order valence-electron chi connectivity index (χ3n) is 3.14. The van der Waals surface area contributed by atoms with Crippen molar-refractivity contribution in [3.8, 4) is 5.75 Å². The molecule has 0 fully saturated rings. The lowest BCUT2D eigenvalue weighted by Crippen LogP contribution is -2.57. The van der Waals surface area contributed by atoms with E-state index in [2.05, 4.69) is 18.3 Å². The van der Waals surface area contributed by atoms with Gasteiger partial charge in [0.05, 0.1) is 0 Å². The van der Waals surface area contributed by atoms with E-state index in [0.717, 1.165) is 25.1 Å². The van der Waals surface area contributed by atoms with Gasteiger partial charge in [0.2, 0.25) is 5.91 Å². The molecule has 0 aliphatic heterocycles. The number of carbonyl (C=O) groups is 1. The molecule has 0 saturated heterocycles. The molecule has 0 aliphatic rings. The van der Waals surface area contributed by atoms with Gasteiger partial charge in [-0.2, -0.15) is 0 Å². The molecule has 4 heteroatoms. The Kier molecular flexibility index (Phi) is 5.83. The van der Waals surface area contributed by atoms with Crippen molar-refractivity contribution >= 4 is 5.91 Å². The molecule has 1 rings (SSSR count). The van der Waals surface area contributed by atoms with E-state index in [4.69, 9.17) is 10.5 Å². The van der Waals surface area contributed by atoms with Crippen molar-refractivity contribution < 1.29 is 9.53 Å². The molecule has 19 heavy (non-hydrogen) atoms. The highest BCUT2D eigenvalue weighted by Gasteiger charge is 2.31. The highest BCUT2D eigenvalue weighted by molar-refractivity contribution is 5.84. The minimum absolute atomic E-state index is 0.232. The van der Waals surface area contributed by atoms with Gasteiger partial charge in [0, 0.05) is 0 Å². The summed E-state index contributed by atoms with van der Waals surface area (Å²) < 4.78 is 5.71. The molecule has 1 aromatic rings. The summed E-state index contributed by atoms with van der Waals surface area (Å²) >= 11 is 0. The molecule has 1 unspecified atom stereocenters. The van der Waals surface area contributed by atoms with Gasteiger partial charge in [-0.1, -0.05) is 26.0 Å². The summed E-state index contributed by atoms with van der Waals surface area (Å²) in [7, 11) is 0. The Bertz CT molecular complexity index is 420. The molecule has 0 heterocycles. The number of hydrogen-bond acceptors (Lipinski definition) is 3. The van der Waals surface area contributed by atoms with E-state index in [-0.39, 0.29) is 6.61 Å². The number of nitrogens with two attached hydrogens (primary N) is 1. The second-order valence-electron chi connectivity index (χ2n) is 4.91. The zero-order chi connectivity index (χ0) is 14.3. The molecule has 3 N–H and O–H groups in total. The van der Waals surface area contributed by atoms with Crippen molar-refractivity contribution in [3.05, 3.63) is 29.8 Å². The molecule has 0 saturated carbocycles. The fraction of sp³-hybridized carbons (Fsp3) is 0.533. The highest BCUT2D eigenvalue weighted by atomic mass is 16.5. The van der Waals surface area contributed by atoms with Crippen molar-refractivity contribution in [3.63, 3.8) is 0 Å². The lowest BCUT2D eigenvalue weighted by molar-refractivity contribution is -0.125. The van der Waals surface area contributed by atoms with E-state index in [1.807, 2.05) is 25.1 Å². The molecule has 0 aliphatic carbocycles. The molecule has 0 spiro atoms. The molecular weight excluding hydrogens is 240 g/mol. The molecule has 1 aromatic carbocycles. The van der Waals surface area contributed by atoms with Crippen LogP contribution in [0.25, 0.3) is 0 Å². The fourth-order valence-electron chi connectivity index (χ4n) is 1.69. The number of rotatable bonds is 8. The Morgan fingerprint density at radius 1 is 1.42 bits per heavy atom. The standard InChI is InChI=1S/C15H24N2O2/c1-4-9-17-15(3,14(16)18)11-19-13-8-6-7-12(5-2)10-13/h6-8,10,17H,4-5,9,11H2,1-3H3,(H2,16,18). The molecule has 0 radical (unpaired) electrons. The van der Waals surface area contributed by atoms with Crippen LogP contribution in [0.5, 0.6) is 5.75 Å². The van der Waals surface area contributed by atoms with Gasteiger partial charge in [0.1, 0.15) is 17.9 Å². The van der Waals surface area contributed by atoms with Gasteiger partial charge >= 0.3 is 0 Å². The maximum absolute atomic E-state index is 11.6. The van der Waals surface area contributed by atoms with Crippen molar-refractivity contribution in [1.29, 1.82) is 0 Å². The van der Waals surface area contributed by atoms with Crippen molar-refractivity contribution in [2.24, 2.45) is 5.73 Å². The molecular formula is C15H24N2O2. The molecule has 4 nitrogen and oxygen atoms in total. The summed E-state index contributed by atoms with van der Waals surface area (Å²) in [5.74, 6) is 0.373. The van der Waals surface area contributed by atoms with E-state index >= 15 is 0 Å². The zero-order valence-corrected chi connectivity index (χ0v) is 12.0. The van der Waals surface area contributed by atoms with Crippen LogP contribution >= 0.6 is 0 Å². The quantitative estimate of drug-likeness (QED) is 0.753. The van der Waals surface area contributed by atoms with Gasteiger partial charge in [-0.15, -0.1) is 0 Å². The number of primary amides is 1. The average Bonchev–Trinajstić information content (AvgIpc) is 2.43. The van der Waals surface area contributed by atoms with E-state index in [1.165, 1.54) is 5.56 Å².